The largest absolute Gasteiger partial charge is 0.352 e. The molecule has 0 aliphatic heterocycles. The van der Waals surface area contributed by atoms with Crippen LogP contribution in [0.4, 0.5) is 0 Å². The lowest BCUT2D eigenvalue weighted by Crippen LogP contribution is -2.24. The number of aryl methyl sites for hydroxylation is 1. The van der Waals surface area contributed by atoms with Gasteiger partial charge in [0, 0.05) is 17.4 Å². The number of amides is 1. The second-order valence-electron chi connectivity index (χ2n) is 3.70. The molecular formula is C13H18BrNO. The molecular weight excluding hydrogens is 266 g/mol. The van der Waals surface area contributed by atoms with Crippen LogP contribution in [0.25, 0.3) is 0 Å². The van der Waals surface area contributed by atoms with Gasteiger partial charge in [0.05, 0.1) is 0 Å². The number of halogens is 1. The molecule has 0 heterocycles. The highest BCUT2D eigenvalue weighted by molar-refractivity contribution is 9.09. The third kappa shape index (κ3) is 4.35. The predicted octanol–water partition coefficient (Wildman–Crippen LogP) is 3.15. The Balaban J connectivity index is 2.40. The maximum Gasteiger partial charge on any atom is 0.251 e. The van der Waals surface area contributed by atoms with Gasteiger partial charge in [0.2, 0.25) is 0 Å². The van der Waals surface area contributed by atoms with Gasteiger partial charge in [-0.05, 0) is 37.0 Å². The van der Waals surface area contributed by atoms with E-state index in [-0.39, 0.29) is 5.91 Å². The van der Waals surface area contributed by atoms with Gasteiger partial charge in [0.15, 0.2) is 0 Å². The number of hydrogen-bond donors (Lipinski definition) is 1. The first-order chi connectivity index (χ1) is 7.77. The van der Waals surface area contributed by atoms with E-state index in [0.29, 0.717) is 0 Å². The maximum absolute atomic E-state index is 11.7. The van der Waals surface area contributed by atoms with E-state index in [1.54, 1.807) is 0 Å². The van der Waals surface area contributed by atoms with E-state index in [1.165, 1.54) is 5.56 Å². The number of alkyl halides is 1. The number of hydrogen-bond acceptors (Lipinski definition) is 1. The summed E-state index contributed by atoms with van der Waals surface area (Å²) in [5.41, 5.74) is 2.01. The lowest BCUT2D eigenvalue weighted by molar-refractivity contribution is 0.0953. The van der Waals surface area contributed by atoms with Crippen molar-refractivity contribution < 1.29 is 4.79 Å². The minimum Gasteiger partial charge on any atom is -0.352 e. The average molecular weight is 284 g/mol. The molecule has 0 aliphatic rings. The van der Waals surface area contributed by atoms with Crippen LogP contribution in [-0.4, -0.2) is 17.8 Å². The van der Waals surface area contributed by atoms with Crippen molar-refractivity contribution in [3.05, 3.63) is 35.4 Å². The Labute approximate surface area is 106 Å². The van der Waals surface area contributed by atoms with Crippen molar-refractivity contribution >= 4 is 21.8 Å². The standard InChI is InChI=1S/C13H18BrNO/c1-2-11-5-7-12(8-6-11)13(16)15-10-4-3-9-14/h5-8H,2-4,9-10H2,1H3,(H,15,16). The molecule has 2 nitrogen and oxygen atoms in total. The van der Waals surface area contributed by atoms with Gasteiger partial charge < -0.3 is 5.32 Å². The van der Waals surface area contributed by atoms with Crippen LogP contribution in [-0.2, 0) is 6.42 Å². The summed E-state index contributed by atoms with van der Waals surface area (Å²) in [5, 5.41) is 3.91. The summed E-state index contributed by atoms with van der Waals surface area (Å²) in [6, 6.07) is 7.79. The fraction of sp³-hybridized carbons (Fsp3) is 0.462. The van der Waals surface area contributed by atoms with Crippen LogP contribution in [0.5, 0.6) is 0 Å². The molecule has 3 heteroatoms. The zero-order chi connectivity index (χ0) is 11.8. The highest BCUT2D eigenvalue weighted by Gasteiger charge is 2.03. The SMILES string of the molecule is CCc1ccc(C(=O)NCCCCBr)cc1. The first-order valence-corrected chi connectivity index (χ1v) is 6.83. The molecule has 88 valence electrons. The number of benzene rings is 1. The highest BCUT2D eigenvalue weighted by atomic mass is 79.9. The lowest BCUT2D eigenvalue weighted by atomic mass is 10.1. The average Bonchev–Trinajstić information content (AvgIpc) is 2.34. The van der Waals surface area contributed by atoms with Crippen molar-refractivity contribution in [2.75, 3.05) is 11.9 Å². The zero-order valence-corrected chi connectivity index (χ0v) is 11.2. The van der Waals surface area contributed by atoms with E-state index in [2.05, 4.69) is 28.2 Å². The summed E-state index contributed by atoms with van der Waals surface area (Å²) in [6.07, 6.45) is 3.12. The van der Waals surface area contributed by atoms with Crippen molar-refractivity contribution in [1.82, 2.24) is 5.32 Å². The van der Waals surface area contributed by atoms with Crippen LogP contribution in [0.15, 0.2) is 24.3 Å². The minimum absolute atomic E-state index is 0.0252. The van der Waals surface area contributed by atoms with Crippen LogP contribution in [0.2, 0.25) is 0 Å². The Morgan fingerprint density at radius 3 is 2.50 bits per heavy atom. The summed E-state index contributed by atoms with van der Waals surface area (Å²) in [4.78, 5) is 11.7. The van der Waals surface area contributed by atoms with Crippen molar-refractivity contribution in [3.8, 4) is 0 Å². The van der Waals surface area contributed by atoms with Crippen LogP contribution in [0.3, 0.4) is 0 Å². The van der Waals surface area contributed by atoms with Crippen molar-refractivity contribution in [2.45, 2.75) is 26.2 Å². The molecule has 0 aromatic heterocycles. The first-order valence-electron chi connectivity index (χ1n) is 5.71. The Bertz CT molecular complexity index is 321. The van der Waals surface area contributed by atoms with Crippen LogP contribution in [0, 0.1) is 0 Å². The van der Waals surface area contributed by atoms with Crippen molar-refractivity contribution in [2.24, 2.45) is 0 Å². The molecule has 0 saturated carbocycles. The Morgan fingerprint density at radius 1 is 1.25 bits per heavy atom. The number of unbranched alkanes of at least 4 members (excludes halogenated alkanes) is 1. The molecule has 0 spiro atoms. The quantitative estimate of drug-likeness (QED) is 0.631. The number of rotatable bonds is 6. The van der Waals surface area contributed by atoms with Gasteiger partial charge >= 0.3 is 0 Å². The highest BCUT2D eigenvalue weighted by Crippen LogP contribution is 2.05. The smallest absolute Gasteiger partial charge is 0.251 e. The molecule has 1 rings (SSSR count). The van der Waals surface area contributed by atoms with E-state index < -0.39 is 0 Å². The Hall–Kier alpha value is -0.830. The molecule has 1 amide bonds. The zero-order valence-electron chi connectivity index (χ0n) is 9.63. The lowest BCUT2D eigenvalue weighted by Gasteiger charge is -2.05. The van der Waals surface area contributed by atoms with E-state index in [9.17, 15) is 4.79 Å². The van der Waals surface area contributed by atoms with E-state index in [0.717, 1.165) is 36.7 Å². The molecule has 0 unspecified atom stereocenters. The molecule has 16 heavy (non-hydrogen) atoms. The maximum atomic E-state index is 11.7. The van der Waals surface area contributed by atoms with E-state index in [4.69, 9.17) is 0 Å². The van der Waals surface area contributed by atoms with Crippen molar-refractivity contribution in [3.63, 3.8) is 0 Å². The molecule has 0 bridgehead atoms. The molecule has 0 radical (unpaired) electrons. The fourth-order valence-electron chi connectivity index (χ4n) is 1.42. The molecule has 1 aromatic carbocycles. The molecule has 0 atom stereocenters. The van der Waals surface area contributed by atoms with Crippen LogP contribution < -0.4 is 5.32 Å². The summed E-state index contributed by atoms with van der Waals surface area (Å²) in [7, 11) is 0. The summed E-state index contributed by atoms with van der Waals surface area (Å²) in [6.45, 7) is 2.86. The molecule has 0 saturated heterocycles. The number of carbonyl (C=O) groups is 1. The fourth-order valence-corrected chi connectivity index (χ4v) is 1.81. The summed E-state index contributed by atoms with van der Waals surface area (Å²) < 4.78 is 0. The topological polar surface area (TPSA) is 29.1 Å². The Morgan fingerprint density at radius 2 is 1.94 bits per heavy atom. The van der Waals surface area contributed by atoms with Gasteiger partial charge in [-0.15, -0.1) is 0 Å². The second-order valence-corrected chi connectivity index (χ2v) is 4.50. The van der Waals surface area contributed by atoms with E-state index >= 15 is 0 Å². The third-order valence-electron chi connectivity index (χ3n) is 2.47. The number of carbonyl (C=O) groups excluding carboxylic acids is 1. The van der Waals surface area contributed by atoms with E-state index in [1.807, 2.05) is 24.3 Å². The van der Waals surface area contributed by atoms with Gasteiger partial charge in [-0.2, -0.15) is 0 Å². The van der Waals surface area contributed by atoms with Crippen LogP contribution in [0.1, 0.15) is 35.7 Å². The van der Waals surface area contributed by atoms with Gasteiger partial charge in [0.1, 0.15) is 0 Å². The van der Waals surface area contributed by atoms with Gasteiger partial charge in [-0.3, -0.25) is 4.79 Å². The summed E-state index contributed by atoms with van der Waals surface area (Å²) >= 11 is 3.36. The normalized spacial score (nSPS) is 10.1. The van der Waals surface area contributed by atoms with Crippen molar-refractivity contribution in [1.29, 1.82) is 0 Å². The van der Waals surface area contributed by atoms with Gasteiger partial charge in [-0.25, -0.2) is 0 Å². The van der Waals surface area contributed by atoms with Crippen LogP contribution >= 0.6 is 15.9 Å². The summed E-state index contributed by atoms with van der Waals surface area (Å²) in [5.74, 6) is 0.0252. The first kappa shape index (κ1) is 13.2. The molecule has 1 aromatic rings. The third-order valence-corrected chi connectivity index (χ3v) is 3.03. The Kier molecular flexibility index (Phi) is 6.16. The second kappa shape index (κ2) is 7.44. The predicted molar refractivity (Wildman–Crippen MR) is 71.2 cm³/mol. The molecule has 1 N–H and O–H groups in total. The minimum atomic E-state index is 0.0252. The molecule has 0 aliphatic carbocycles. The monoisotopic (exact) mass is 283 g/mol. The molecule has 0 fully saturated rings. The van der Waals surface area contributed by atoms with Gasteiger partial charge in [-0.1, -0.05) is 35.0 Å². The number of nitrogens with one attached hydrogen (secondary N) is 1. The van der Waals surface area contributed by atoms with Gasteiger partial charge in [0.25, 0.3) is 5.91 Å².